The number of hydrogen-bond acceptors (Lipinski definition) is 3. The molecule has 0 aliphatic heterocycles. The average molecular weight is 275 g/mol. The van der Waals surface area contributed by atoms with E-state index in [0.29, 0.717) is 6.04 Å². The Morgan fingerprint density at radius 3 is 2.47 bits per heavy atom. The van der Waals surface area contributed by atoms with Crippen molar-refractivity contribution in [3.63, 3.8) is 0 Å². The van der Waals surface area contributed by atoms with Gasteiger partial charge in [0.25, 0.3) is 0 Å². The van der Waals surface area contributed by atoms with Crippen LogP contribution < -0.4 is 10.1 Å². The van der Waals surface area contributed by atoms with Crippen LogP contribution in [0.3, 0.4) is 0 Å². The van der Waals surface area contributed by atoms with E-state index in [-0.39, 0.29) is 0 Å². The van der Waals surface area contributed by atoms with Crippen LogP contribution in [-0.4, -0.2) is 7.11 Å². The van der Waals surface area contributed by atoms with Crippen molar-refractivity contribution in [1.29, 1.82) is 0 Å². The molecule has 1 aromatic carbocycles. The molecule has 2 aromatic rings. The molecule has 0 spiro atoms. The summed E-state index contributed by atoms with van der Waals surface area (Å²) < 4.78 is 5.20. The van der Waals surface area contributed by atoms with Crippen molar-refractivity contribution in [3.8, 4) is 5.75 Å². The first-order valence-electron chi connectivity index (χ1n) is 6.63. The van der Waals surface area contributed by atoms with Gasteiger partial charge in [-0.3, -0.25) is 0 Å². The van der Waals surface area contributed by atoms with Crippen molar-refractivity contribution >= 4 is 11.3 Å². The van der Waals surface area contributed by atoms with E-state index in [1.54, 1.807) is 18.4 Å². The SMILES string of the molecule is CCC(NCc1cscc1C)c1ccc(OC)cc1. The highest BCUT2D eigenvalue weighted by Crippen LogP contribution is 2.21. The number of methoxy groups -OCH3 is 1. The summed E-state index contributed by atoms with van der Waals surface area (Å²) in [6.07, 6.45) is 1.08. The van der Waals surface area contributed by atoms with Gasteiger partial charge in [0.15, 0.2) is 0 Å². The number of rotatable bonds is 6. The number of hydrogen-bond donors (Lipinski definition) is 1. The van der Waals surface area contributed by atoms with Gasteiger partial charge in [0.05, 0.1) is 7.11 Å². The largest absolute Gasteiger partial charge is 0.497 e. The smallest absolute Gasteiger partial charge is 0.118 e. The van der Waals surface area contributed by atoms with Gasteiger partial charge in [-0.2, -0.15) is 11.3 Å². The summed E-state index contributed by atoms with van der Waals surface area (Å²) in [6, 6.07) is 8.72. The van der Waals surface area contributed by atoms with Crippen molar-refractivity contribution in [1.82, 2.24) is 5.32 Å². The first-order chi connectivity index (χ1) is 9.24. The summed E-state index contributed by atoms with van der Waals surface area (Å²) in [4.78, 5) is 0. The van der Waals surface area contributed by atoms with Crippen LogP contribution in [0.15, 0.2) is 35.0 Å². The van der Waals surface area contributed by atoms with Gasteiger partial charge in [-0.25, -0.2) is 0 Å². The van der Waals surface area contributed by atoms with E-state index in [0.717, 1.165) is 18.7 Å². The highest BCUT2D eigenvalue weighted by molar-refractivity contribution is 7.08. The first-order valence-corrected chi connectivity index (χ1v) is 7.58. The normalized spacial score (nSPS) is 12.4. The second-order valence-corrected chi connectivity index (χ2v) is 5.44. The molecule has 1 atom stereocenters. The van der Waals surface area contributed by atoms with E-state index in [1.807, 2.05) is 12.1 Å². The molecule has 1 N–H and O–H groups in total. The molecule has 0 saturated carbocycles. The summed E-state index contributed by atoms with van der Waals surface area (Å²) in [5.74, 6) is 0.910. The number of nitrogens with one attached hydrogen (secondary N) is 1. The number of aryl methyl sites for hydroxylation is 1. The molecule has 1 aromatic heterocycles. The minimum atomic E-state index is 0.394. The Morgan fingerprint density at radius 1 is 1.21 bits per heavy atom. The zero-order valence-electron chi connectivity index (χ0n) is 11.8. The Kier molecular flexibility index (Phi) is 5.00. The summed E-state index contributed by atoms with van der Waals surface area (Å²) in [6.45, 7) is 5.31. The van der Waals surface area contributed by atoms with Gasteiger partial charge in [-0.1, -0.05) is 19.1 Å². The Bertz CT molecular complexity index is 504. The molecule has 0 amide bonds. The lowest BCUT2D eigenvalue weighted by atomic mass is 10.0. The molecular weight excluding hydrogens is 254 g/mol. The monoisotopic (exact) mass is 275 g/mol. The van der Waals surface area contributed by atoms with E-state index in [4.69, 9.17) is 4.74 Å². The summed E-state index contributed by atoms with van der Waals surface area (Å²) in [7, 11) is 1.70. The Balaban J connectivity index is 2.01. The molecule has 0 radical (unpaired) electrons. The van der Waals surface area contributed by atoms with Gasteiger partial charge in [-0.15, -0.1) is 0 Å². The van der Waals surface area contributed by atoms with Gasteiger partial charge in [-0.05, 0) is 52.9 Å². The fourth-order valence-electron chi connectivity index (χ4n) is 2.14. The summed E-state index contributed by atoms with van der Waals surface area (Å²) in [5.41, 5.74) is 4.09. The predicted molar refractivity (Wildman–Crippen MR) is 81.9 cm³/mol. The highest BCUT2D eigenvalue weighted by atomic mass is 32.1. The topological polar surface area (TPSA) is 21.3 Å². The predicted octanol–water partition coefficient (Wildman–Crippen LogP) is 4.31. The van der Waals surface area contributed by atoms with E-state index in [2.05, 4.69) is 42.1 Å². The number of benzene rings is 1. The van der Waals surface area contributed by atoms with Crippen LogP contribution in [0.1, 0.15) is 36.1 Å². The molecule has 102 valence electrons. The molecule has 19 heavy (non-hydrogen) atoms. The van der Waals surface area contributed by atoms with Crippen LogP contribution in [0.5, 0.6) is 5.75 Å². The Hall–Kier alpha value is -1.32. The van der Waals surface area contributed by atoms with Crippen LogP contribution in [0.25, 0.3) is 0 Å². The van der Waals surface area contributed by atoms with Crippen LogP contribution in [0.2, 0.25) is 0 Å². The molecule has 0 fully saturated rings. The third-order valence-corrected chi connectivity index (χ3v) is 4.34. The summed E-state index contributed by atoms with van der Waals surface area (Å²) >= 11 is 1.77. The maximum absolute atomic E-state index is 5.20. The third-order valence-electron chi connectivity index (χ3n) is 3.43. The van der Waals surface area contributed by atoms with Crippen molar-refractivity contribution in [2.24, 2.45) is 0 Å². The highest BCUT2D eigenvalue weighted by Gasteiger charge is 2.09. The number of ether oxygens (including phenoxy) is 1. The van der Waals surface area contributed by atoms with Gasteiger partial charge in [0.1, 0.15) is 5.75 Å². The zero-order chi connectivity index (χ0) is 13.7. The number of thiophene rings is 1. The molecule has 1 unspecified atom stereocenters. The van der Waals surface area contributed by atoms with Gasteiger partial charge in [0.2, 0.25) is 0 Å². The van der Waals surface area contributed by atoms with Crippen LogP contribution >= 0.6 is 11.3 Å². The minimum Gasteiger partial charge on any atom is -0.497 e. The quantitative estimate of drug-likeness (QED) is 0.848. The molecule has 0 aliphatic carbocycles. The van der Waals surface area contributed by atoms with Gasteiger partial charge >= 0.3 is 0 Å². The molecule has 2 rings (SSSR count). The van der Waals surface area contributed by atoms with E-state index in [9.17, 15) is 0 Å². The lowest BCUT2D eigenvalue weighted by Crippen LogP contribution is -2.20. The molecular formula is C16H21NOS. The van der Waals surface area contributed by atoms with Crippen molar-refractivity contribution in [2.75, 3.05) is 7.11 Å². The maximum atomic E-state index is 5.20. The maximum Gasteiger partial charge on any atom is 0.118 e. The Labute approximate surface area is 119 Å². The minimum absolute atomic E-state index is 0.394. The molecule has 2 nitrogen and oxygen atoms in total. The van der Waals surface area contributed by atoms with Crippen molar-refractivity contribution in [2.45, 2.75) is 32.9 Å². The fourth-order valence-corrected chi connectivity index (χ4v) is 2.99. The lowest BCUT2D eigenvalue weighted by Gasteiger charge is -2.18. The molecule has 0 bridgehead atoms. The zero-order valence-corrected chi connectivity index (χ0v) is 12.6. The van der Waals surface area contributed by atoms with Crippen LogP contribution in [0, 0.1) is 6.92 Å². The average Bonchev–Trinajstić information content (AvgIpc) is 2.86. The van der Waals surface area contributed by atoms with E-state index >= 15 is 0 Å². The molecule has 0 saturated heterocycles. The van der Waals surface area contributed by atoms with E-state index < -0.39 is 0 Å². The lowest BCUT2D eigenvalue weighted by molar-refractivity contribution is 0.414. The van der Waals surface area contributed by atoms with Gasteiger partial charge < -0.3 is 10.1 Å². The van der Waals surface area contributed by atoms with Gasteiger partial charge in [0, 0.05) is 12.6 Å². The van der Waals surface area contributed by atoms with Crippen molar-refractivity contribution in [3.05, 3.63) is 51.7 Å². The molecule has 0 aliphatic rings. The summed E-state index contributed by atoms with van der Waals surface area (Å²) in [5, 5.41) is 8.06. The first kappa shape index (κ1) is 14.1. The second kappa shape index (κ2) is 6.73. The standard InChI is InChI=1S/C16H21NOS/c1-4-16(13-5-7-15(18-3)8-6-13)17-9-14-11-19-10-12(14)2/h5-8,10-11,16-17H,4,9H2,1-3H3. The van der Waals surface area contributed by atoms with Crippen LogP contribution in [-0.2, 0) is 6.54 Å². The van der Waals surface area contributed by atoms with Crippen LogP contribution in [0.4, 0.5) is 0 Å². The third kappa shape index (κ3) is 3.58. The fraction of sp³-hybridized carbons (Fsp3) is 0.375. The Morgan fingerprint density at radius 2 is 1.95 bits per heavy atom. The molecule has 3 heteroatoms. The second-order valence-electron chi connectivity index (χ2n) is 4.69. The van der Waals surface area contributed by atoms with E-state index in [1.165, 1.54) is 16.7 Å². The molecule has 1 heterocycles. The van der Waals surface area contributed by atoms with Crippen molar-refractivity contribution < 1.29 is 4.74 Å².